The molecule has 0 N–H and O–H groups in total. The highest BCUT2D eigenvalue weighted by atomic mass is 16.1. The van der Waals surface area contributed by atoms with Gasteiger partial charge < -0.3 is 0 Å². The monoisotopic (exact) mass is 324 g/mol. The number of nitrogens with zero attached hydrogens (tertiary/aromatic N) is 2. The Balaban J connectivity index is 2.07. The number of allylic oxidation sites excluding steroid dienone is 4. The zero-order valence-electron chi connectivity index (χ0n) is 15.6. The van der Waals surface area contributed by atoms with E-state index in [-0.39, 0.29) is 22.7 Å². The lowest BCUT2D eigenvalue weighted by atomic mass is 9.84. The number of ketones is 1. The second kappa shape index (κ2) is 6.21. The number of hydrogen-bond donors (Lipinski definition) is 0. The van der Waals surface area contributed by atoms with Gasteiger partial charge in [-0.2, -0.15) is 10.5 Å². The summed E-state index contributed by atoms with van der Waals surface area (Å²) in [5.74, 6) is 1.57. The summed E-state index contributed by atoms with van der Waals surface area (Å²) in [5, 5.41) is 17.5. The van der Waals surface area contributed by atoms with Gasteiger partial charge >= 0.3 is 0 Å². The molecular formula is C21H28N2O. The molecular weight excluding hydrogens is 296 g/mol. The van der Waals surface area contributed by atoms with Crippen molar-refractivity contribution in [2.45, 2.75) is 41.5 Å². The van der Waals surface area contributed by atoms with Crippen LogP contribution in [0.2, 0.25) is 0 Å². The fraction of sp³-hybridized carbons (Fsp3) is 0.667. The van der Waals surface area contributed by atoms with Crippen molar-refractivity contribution in [1.82, 2.24) is 0 Å². The van der Waals surface area contributed by atoms with Crippen LogP contribution in [0.15, 0.2) is 24.3 Å². The Hall–Kier alpha value is -1.87. The van der Waals surface area contributed by atoms with Gasteiger partial charge in [0.2, 0.25) is 0 Å². The molecule has 2 aliphatic carbocycles. The summed E-state index contributed by atoms with van der Waals surface area (Å²) in [7, 11) is 0. The summed E-state index contributed by atoms with van der Waals surface area (Å²) in [5.41, 5.74) is 0.169. The van der Waals surface area contributed by atoms with Gasteiger partial charge in [-0.05, 0) is 34.5 Å². The summed E-state index contributed by atoms with van der Waals surface area (Å²) in [6.07, 6.45) is 7.00. The third-order valence-corrected chi connectivity index (χ3v) is 6.72. The molecule has 0 radical (unpaired) electrons. The van der Waals surface area contributed by atoms with Gasteiger partial charge in [0.1, 0.15) is 5.78 Å². The normalized spacial score (nSPS) is 35.2. The number of nitriles is 2. The highest BCUT2D eigenvalue weighted by Gasteiger charge is 2.63. The van der Waals surface area contributed by atoms with E-state index in [1.165, 1.54) is 0 Å². The van der Waals surface area contributed by atoms with E-state index in [9.17, 15) is 4.79 Å². The van der Waals surface area contributed by atoms with Gasteiger partial charge in [-0.1, -0.05) is 53.7 Å². The smallest absolute Gasteiger partial charge is 0.139 e. The Morgan fingerprint density at radius 2 is 1.21 bits per heavy atom. The zero-order chi connectivity index (χ0) is 18.3. The average molecular weight is 324 g/mol. The average Bonchev–Trinajstić information content (AvgIpc) is 3.28. The number of hydrogen-bond acceptors (Lipinski definition) is 3. The van der Waals surface area contributed by atoms with Crippen LogP contribution in [0, 0.1) is 69.0 Å². The van der Waals surface area contributed by atoms with Gasteiger partial charge in [-0.15, -0.1) is 0 Å². The van der Waals surface area contributed by atoms with Crippen LogP contribution in [-0.2, 0) is 4.79 Å². The van der Waals surface area contributed by atoms with Gasteiger partial charge in [0, 0.05) is 24.0 Å². The van der Waals surface area contributed by atoms with Gasteiger partial charge in [-0.25, -0.2) is 0 Å². The molecule has 128 valence electrons. The van der Waals surface area contributed by atoms with E-state index in [1.807, 2.05) is 26.0 Å². The van der Waals surface area contributed by atoms with Crippen molar-refractivity contribution in [2.75, 3.05) is 0 Å². The first-order valence-corrected chi connectivity index (χ1v) is 8.78. The summed E-state index contributed by atoms with van der Waals surface area (Å²) >= 11 is 0. The first-order chi connectivity index (χ1) is 11.1. The van der Waals surface area contributed by atoms with Gasteiger partial charge in [0.15, 0.2) is 0 Å². The lowest BCUT2D eigenvalue weighted by molar-refractivity contribution is -0.127. The van der Waals surface area contributed by atoms with Gasteiger partial charge in [0.25, 0.3) is 0 Å². The minimum atomic E-state index is 0.000314. The largest absolute Gasteiger partial charge is 0.299 e. The van der Waals surface area contributed by atoms with E-state index < -0.39 is 0 Å². The van der Waals surface area contributed by atoms with Crippen LogP contribution in [0.1, 0.15) is 41.5 Å². The van der Waals surface area contributed by atoms with Crippen molar-refractivity contribution >= 4 is 5.78 Å². The standard InChI is InChI=1S/C21H28N2O/c1-13(17-15(9-7-11-22)20(17,3)4)19(24)14(2)18-16(10-8-12-23)21(18,5)6/h7-10,13-18H,1-6H3/b9-7-,10-8-. The van der Waals surface area contributed by atoms with Gasteiger partial charge in [-0.3, -0.25) is 4.79 Å². The molecule has 0 spiro atoms. The molecule has 2 aliphatic rings. The quantitative estimate of drug-likeness (QED) is 0.674. The van der Waals surface area contributed by atoms with E-state index in [2.05, 4.69) is 39.8 Å². The Morgan fingerprint density at radius 3 is 1.50 bits per heavy atom. The minimum absolute atomic E-state index is 0.000314. The molecule has 0 saturated heterocycles. The summed E-state index contributed by atoms with van der Waals surface area (Å²) in [6, 6.07) is 4.11. The molecule has 0 aromatic heterocycles. The minimum Gasteiger partial charge on any atom is -0.299 e. The molecule has 24 heavy (non-hydrogen) atoms. The van der Waals surface area contributed by atoms with Crippen molar-refractivity contribution in [3.63, 3.8) is 0 Å². The molecule has 0 aromatic rings. The molecule has 0 bridgehead atoms. The van der Waals surface area contributed by atoms with Crippen LogP contribution in [0.3, 0.4) is 0 Å². The van der Waals surface area contributed by atoms with E-state index in [0.29, 0.717) is 29.5 Å². The first-order valence-electron chi connectivity index (χ1n) is 8.78. The molecule has 2 rings (SSSR count). The van der Waals surface area contributed by atoms with E-state index in [4.69, 9.17) is 10.5 Å². The molecule has 6 unspecified atom stereocenters. The number of carbonyl (C=O) groups is 1. The maximum atomic E-state index is 13.0. The lowest BCUT2D eigenvalue weighted by Crippen LogP contribution is -2.25. The topological polar surface area (TPSA) is 64.7 Å². The van der Waals surface area contributed by atoms with Crippen LogP contribution in [-0.4, -0.2) is 5.78 Å². The summed E-state index contributed by atoms with van der Waals surface area (Å²) in [4.78, 5) is 13.0. The predicted octanol–water partition coefficient (Wildman–Crippen LogP) is 4.53. The van der Waals surface area contributed by atoms with Crippen LogP contribution in [0.4, 0.5) is 0 Å². The molecule has 3 heteroatoms. The van der Waals surface area contributed by atoms with Gasteiger partial charge in [0.05, 0.1) is 12.1 Å². The Bertz CT molecular complexity index is 600. The van der Waals surface area contributed by atoms with Crippen molar-refractivity contribution in [3.8, 4) is 12.1 Å². The molecule has 0 aliphatic heterocycles. The molecule has 0 amide bonds. The lowest BCUT2D eigenvalue weighted by Gasteiger charge is -2.18. The third kappa shape index (κ3) is 2.93. The van der Waals surface area contributed by atoms with Crippen molar-refractivity contribution in [3.05, 3.63) is 24.3 Å². The maximum absolute atomic E-state index is 13.0. The molecule has 3 nitrogen and oxygen atoms in total. The zero-order valence-corrected chi connectivity index (χ0v) is 15.6. The summed E-state index contributed by atoms with van der Waals surface area (Å²) in [6.45, 7) is 12.8. The van der Waals surface area contributed by atoms with E-state index >= 15 is 0 Å². The SMILES string of the molecule is CC(C(=O)C(C)C1C(/C=C\C#N)C1(C)C)C1C(/C=C\C#N)C1(C)C. The Morgan fingerprint density at radius 1 is 0.875 bits per heavy atom. The number of rotatable bonds is 6. The van der Waals surface area contributed by atoms with E-state index in [0.717, 1.165) is 0 Å². The second-order valence-electron chi connectivity index (χ2n) is 8.70. The van der Waals surface area contributed by atoms with Crippen LogP contribution in [0.5, 0.6) is 0 Å². The van der Waals surface area contributed by atoms with Crippen LogP contribution in [0.25, 0.3) is 0 Å². The third-order valence-electron chi connectivity index (χ3n) is 6.72. The number of carbonyl (C=O) groups excluding carboxylic acids is 1. The van der Waals surface area contributed by atoms with Crippen molar-refractivity contribution < 1.29 is 4.79 Å². The van der Waals surface area contributed by atoms with Crippen molar-refractivity contribution in [2.24, 2.45) is 46.3 Å². The second-order valence-corrected chi connectivity index (χ2v) is 8.70. The predicted molar refractivity (Wildman–Crippen MR) is 94.4 cm³/mol. The fourth-order valence-corrected chi connectivity index (χ4v) is 5.14. The maximum Gasteiger partial charge on any atom is 0.139 e. The molecule has 2 fully saturated rings. The summed E-state index contributed by atoms with van der Waals surface area (Å²) < 4.78 is 0. The molecule has 0 aromatic carbocycles. The fourth-order valence-electron chi connectivity index (χ4n) is 5.14. The Kier molecular flexibility index (Phi) is 4.78. The highest BCUT2D eigenvalue weighted by Crippen LogP contribution is 2.65. The Labute approximate surface area is 146 Å². The first kappa shape index (κ1) is 18.5. The van der Waals surface area contributed by atoms with Crippen LogP contribution >= 0.6 is 0 Å². The van der Waals surface area contributed by atoms with Crippen molar-refractivity contribution in [1.29, 1.82) is 10.5 Å². The molecule has 0 heterocycles. The number of Topliss-reactive ketones (excluding diaryl/α,β-unsaturated/α-hetero) is 1. The van der Waals surface area contributed by atoms with Crippen LogP contribution < -0.4 is 0 Å². The molecule has 2 saturated carbocycles. The molecule has 6 atom stereocenters. The van der Waals surface area contributed by atoms with E-state index in [1.54, 1.807) is 12.2 Å². The highest BCUT2D eigenvalue weighted by molar-refractivity contribution is 5.84.